The van der Waals surface area contributed by atoms with Crippen LogP contribution in [0, 0.1) is 17.0 Å². The van der Waals surface area contributed by atoms with E-state index in [0.29, 0.717) is 43.9 Å². The van der Waals surface area contributed by atoms with Gasteiger partial charge in [0.2, 0.25) is 0 Å². The van der Waals surface area contributed by atoms with E-state index in [4.69, 9.17) is 0 Å². The van der Waals surface area contributed by atoms with Gasteiger partial charge in [-0.25, -0.2) is 0 Å². The molecule has 0 atom stereocenters. The third-order valence-corrected chi connectivity index (χ3v) is 7.51. The van der Waals surface area contributed by atoms with E-state index in [0.717, 1.165) is 30.8 Å². The Morgan fingerprint density at radius 1 is 0.868 bits per heavy atom. The Bertz CT molecular complexity index is 1350. The molecule has 2 aliphatic heterocycles. The molecule has 0 spiro atoms. The molecule has 198 valence electrons. The SMILES string of the molecule is Cc1ccccc1N1CCN(c2cc3c(cc2[N+](=O)[O-])C(=O)N(Cc2cccc(CN(C)C)c2)CC3)CC1. The monoisotopic (exact) mass is 513 g/mol. The van der Waals surface area contributed by atoms with Crippen molar-refractivity contribution in [2.75, 3.05) is 56.6 Å². The number of hydrogen-bond donors (Lipinski definition) is 0. The molecule has 1 amide bonds. The first kappa shape index (κ1) is 25.7. The van der Waals surface area contributed by atoms with Crippen molar-refractivity contribution >= 4 is 23.0 Å². The van der Waals surface area contributed by atoms with E-state index < -0.39 is 0 Å². The van der Waals surface area contributed by atoms with Crippen molar-refractivity contribution in [1.82, 2.24) is 9.80 Å². The van der Waals surface area contributed by atoms with E-state index >= 15 is 0 Å². The fraction of sp³-hybridized carbons (Fsp3) is 0.367. The minimum absolute atomic E-state index is 0.0104. The second-order valence-electron chi connectivity index (χ2n) is 10.6. The van der Waals surface area contributed by atoms with Gasteiger partial charge in [0.05, 0.1) is 4.92 Å². The van der Waals surface area contributed by atoms with Gasteiger partial charge in [0, 0.05) is 63.1 Å². The summed E-state index contributed by atoms with van der Waals surface area (Å²) in [5, 5.41) is 12.1. The smallest absolute Gasteiger partial charge is 0.293 e. The van der Waals surface area contributed by atoms with Crippen LogP contribution in [-0.2, 0) is 19.5 Å². The molecule has 8 heteroatoms. The van der Waals surface area contributed by atoms with Crippen LogP contribution in [0.3, 0.4) is 0 Å². The van der Waals surface area contributed by atoms with Gasteiger partial charge in [0.15, 0.2) is 0 Å². The topological polar surface area (TPSA) is 73.2 Å². The first-order chi connectivity index (χ1) is 18.3. The van der Waals surface area contributed by atoms with Crippen LogP contribution in [-0.4, -0.2) is 67.4 Å². The molecular weight excluding hydrogens is 478 g/mol. The highest BCUT2D eigenvalue weighted by Crippen LogP contribution is 2.35. The third kappa shape index (κ3) is 5.36. The van der Waals surface area contributed by atoms with Crippen molar-refractivity contribution in [3.63, 3.8) is 0 Å². The molecule has 38 heavy (non-hydrogen) atoms. The first-order valence-electron chi connectivity index (χ1n) is 13.2. The summed E-state index contributed by atoms with van der Waals surface area (Å²) in [6.45, 7) is 7.00. The second kappa shape index (κ2) is 10.8. The second-order valence-corrected chi connectivity index (χ2v) is 10.6. The van der Waals surface area contributed by atoms with E-state index in [1.165, 1.54) is 22.9 Å². The number of para-hydroxylation sites is 1. The molecule has 0 bridgehead atoms. The predicted molar refractivity (Wildman–Crippen MR) is 151 cm³/mol. The van der Waals surface area contributed by atoms with Crippen LogP contribution in [0.25, 0.3) is 0 Å². The first-order valence-corrected chi connectivity index (χ1v) is 13.2. The van der Waals surface area contributed by atoms with Gasteiger partial charge in [-0.2, -0.15) is 0 Å². The summed E-state index contributed by atoms with van der Waals surface area (Å²) in [7, 11) is 4.06. The maximum atomic E-state index is 13.5. The maximum Gasteiger partial charge on any atom is 0.293 e. The van der Waals surface area contributed by atoms with Crippen LogP contribution in [0.15, 0.2) is 60.7 Å². The lowest BCUT2D eigenvalue weighted by atomic mass is 9.96. The predicted octanol–water partition coefficient (Wildman–Crippen LogP) is 4.49. The molecule has 0 N–H and O–H groups in total. The Hall–Kier alpha value is -3.91. The third-order valence-electron chi connectivity index (χ3n) is 7.51. The lowest BCUT2D eigenvalue weighted by molar-refractivity contribution is -0.384. The van der Waals surface area contributed by atoms with Gasteiger partial charge in [-0.1, -0.05) is 42.5 Å². The lowest BCUT2D eigenvalue weighted by Crippen LogP contribution is -2.47. The lowest BCUT2D eigenvalue weighted by Gasteiger charge is -2.38. The van der Waals surface area contributed by atoms with Crippen molar-refractivity contribution in [3.8, 4) is 0 Å². The minimum atomic E-state index is -0.347. The molecule has 2 aliphatic rings. The van der Waals surface area contributed by atoms with Crippen molar-refractivity contribution in [3.05, 3.63) is 98.6 Å². The normalized spacial score (nSPS) is 15.7. The number of nitrogens with zero attached hydrogens (tertiary/aromatic N) is 5. The van der Waals surface area contributed by atoms with Gasteiger partial charge in [-0.05, 0) is 61.8 Å². The highest BCUT2D eigenvalue weighted by Gasteiger charge is 2.31. The molecular formula is C30H35N5O3. The molecule has 3 aromatic carbocycles. The number of nitro benzene ring substituents is 1. The Morgan fingerprint density at radius 3 is 2.24 bits per heavy atom. The average molecular weight is 514 g/mol. The maximum absolute atomic E-state index is 13.5. The standard InChI is InChI=1S/C30H35N5O3/c1-22-7-4-5-10-27(22)32-13-15-33(16-14-32)28-18-25-11-12-34(30(36)26(25)19-29(28)35(37)38)21-24-9-6-8-23(17-24)20-31(2)3/h4-10,17-19H,11-16,20-21H2,1-3H3. The summed E-state index contributed by atoms with van der Waals surface area (Å²) in [4.78, 5) is 33.6. The number of rotatable bonds is 7. The van der Waals surface area contributed by atoms with Crippen molar-refractivity contribution in [2.45, 2.75) is 26.4 Å². The molecule has 1 fully saturated rings. The number of amides is 1. The van der Waals surface area contributed by atoms with E-state index in [-0.39, 0.29) is 16.5 Å². The number of benzene rings is 3. The molecule has 8 nitrogen and oxygen atoms in total. The van der Waals surface area contributed by atoms with Crippen LogP contribution in [0.5, 0.6) is 0 Å². The Balaban J connectivity index is 1.34. The molecule has 0 unspecified atom stereocenters. The number of carbonyl (C=O) groups excluding carboxylic acids is 1. The highest BCUT2D eigenvalue weighted by atomic mass is 16.6. The Labute approximate surface area is 224 Å². The summed E-state index contributed by atoms with van der Waals surface area (Å²) >= 11 is 0. The molecule has 2 heterocycles. The highest BCUT2D eigenvalue weighted by molar-refractivity contribution is 5.98. The van der Waals surface area contributed by atoms with Crippen LogP contribution < -0.4 is 9.80 Å². The Kier molecular flexibility index (Phi) is 7.33. The van der Waals surface area contributed by atoms with Gasteiger partial charge >= 0.3 is 0 Å². The van der Waals surface area contributed by atoms with Crippen molar-refractivity contribution < 1.29 is 9.72 Å². The number of anilines is 2. The van der Waals surface area contributed by atoms with Gasteiger partial charge in [-0.15, -0.1) is 0 Å². The van der Waals surface area contributed by atoms with Gasteiger partial charge in [0.25, 0.3) is 11.6 Å². The summed E-state index contributed by atoms with van der Waals surface area (Å²) < 4.78 is 0. The Morgan fingerprint density at radius 2 is 1.55 bits per heavy atom. The van der Waals surface area contributed by atoms with Gasteiger partial charge < -0.3 is 19.6 Å². The molecule has 0 aliphatic carbocycles. The number of piperazine rings is 1. The van der Waals surface area contributed by atoms with E-state index in [2.05, 4.69) is 45.9 Å². The molecule has 3 aromatic rings. The zero-order chi connectivity index (χ0) is 26.8. The summed E-state index contributed by atoms with van der Waals surface area (Å²) in [6.07, 6.45) is 0.687. The van der Waals surface area contributed by atoms with Crippen molar-refractivity contribution in [2.24, 2.45) is 0 Å². The minimum Gasteiger partial charge on any atom is -0.368 e. The van der Waals surface area contributed by atoms with Gasteiger partial charge in [-0.3, -0.25) is 14.9 Å². The number of nitro groups is 1. The molecule has 0 radical (unpaired) electrons. The van der Waals surface area contributed by atoms with Gasteiger partial charge in [0.1, 0.15) is 5.69 Å². The molecule has 5 rings (SSSR count). The number of carbonyl (C=O) groups is 1. The average Bonchev–Trinajstić information content (AvgIpc) is 2.90. The molecule has 0 saturated carbocycles. The van der Waals surface area contributed by atoms with Crippen LogP contribution in [0.1, 0.15) is 32.6 Å². The van der Waals surface area contributed by atoms with E-state index in [9.17, 15) is 14.9 Å². The number of fused-ring (bicyclic) bond motifs is 1. The summed E-state index contributed by atoms with van der Waals surface area (Å²) in [6, 6.07) is 20.0. The van der Waals surface area contributed by atoms with Crippen LogP contribution in [0.4, 0.5) is 17.1 Å². The zero-order valence-corrected chi connectivity index (χ0v) is 22.4. The summed E-state index contributed by atoms with van der Waals surface area (Å²) in [5.41, 5.74) is 6.69. The van der Waals surface area contributed by atoms with Crippen LogP contribution >= 0.6 is 0 Å². The molecule has 1 saturated heterocycles. The number of aryl methyl sites for hydroxylation is 1. The largest absolute Gasteiger partial charge is 0.368 e. The molecule has 0 aromatic heterocycles. The fourth-order valence-electron chi connectivity index (χ4n) is 5.62. The van der Waals surface area contributed by atoms with E-state index in [1.54, 1.807) is 0 Å². The quantitative estimate of drug-likeness (QED) is 0.342. The summed E-state index contributed by atoms with van der Waals surface area (Å²) in [5.74, 6) is -0.136. The number of hydrogen-bond acceptors (Lipinski definition) is 6. The fourth-order valence-corrected chi connectivity index (χ4v) is 5.62. The zero-order valence-electron chi connectivity index (χ0n) is 22.4. The van der Waals surface area contributed by atoms with Crippen molar-refractivity contribution in [1.29, 1.82) is 0 Å². The van der Waals surface area contributed by atoms with E-state index in [1.807, 2.05) is 49.3 Å². The van der Waals surface area contributed by atoms with Crippen LogP contribution in [0.2, 0.25) is 0 Å².